The van der Waals surface area contributed by atoms with Crippen molar-refractivity contribution in [2.45, 2.75) is 24.7 Å². The number of ether oxygens (including phenoxy) is 3. The fraction of sp³-hybridized carbons (Fsp3) is 0.280. The largest absolute Gasteiger partial charge is 0.497 e. The Morgan fingerprint density at radius 2 is 1.76 bits per heavy atom. The van der Waals surface area contributed by atoms with E-state index in [0.717, 1.165) is 6.07 Å². The van der Waals surface area contributed by atoms with E-state index in [-0.39, 0.29) is 35.4 Å². The number of carbonyl (C=O) groups is 2. The zero-order valence-corrected chi connectivity index (χ0v) is 20.9. The summed E-state index contributed by atoms with van der Waals surface area (Å²) in [5.74, 6) is 0.706. The first-order valence-electron chi connectivity index (χ1n) is 11.3. The van der Waals surface area contributed by atoms with E-state index in [1.165, 1.54) is 61.9 Å². The molecule has 0 aliphatic carbocycles. The van der Waals surface area contributed by atoms with Crippen LogP contribution in [0.25, 0.3) is 0 Å². The number of amides is 2. The lowest BCUT2D eigenvalue weighted by atomic mass is 9.98. The summed E-state index contributed by atoms with van der Waals surface area (Å²) in [4.78, 5) is 33.0. The van der Waals surface area contributed by atoms with Crippen LogP contribution in [0.1, 0.15) is 17.5 Å². The van der Waals surface area contributed by atoms with E-state index >= 15 is 0 Å². The van der Waals surface area contributed by atoms with Gasteiger partial charge < -0.3 is 24.8 Å². The van der Waals surface area contributed by atoms with Gasteiger partial charge in [-0.05, 0) is 48.1 Å². The Kier molecular flexibility index (Phi) is 8.25. The topological polar surface area (TPSA) is 112 Å². The molecule has 1 aliphatic heterocycles. The summed E-state index contributed by atoms with van der Waals surface area (Å²) >= 11 is 1.53. The molecule has 0 spiro atoms. The highest BCUT2D eigenvalue weighted by atomic mass is 32.2. The summed E-state index contributed by atoms with van der Waals surface area (Å²) in [6.45, 7) is 0.130. The number of methoxy groups -OCH3 is 1. The van der Waals surface area contributed by atoms with Crippen molar-refractivity contribution in [1.29, 1.82) is 0 Å². The fourth-order valence-corrected chi connectivity index (χ4v) is 5.00. The van der Waals surface area contributed by atoms with Crippen LogP contribution in [-0.4, -0.2) is 46.1 Å². The zero-order valence-electron chi connectivity index (χ0n) is 20.1. The van der Waals surface area contributed by atoms with Gasteiger partial charge in [-0.2, -0.15) is 24.9 Å². The van der Waals surface area contributed by atoms with Gasteiger partial charge in [0.25, 0.3) is 0 Å². The van der Waals surface area contributed by atoms with Gasteiger partial charge in [0.15, 0.2) is 5.75 Å². The number of hydrogen-bond donors (Lipinski definition) is 2. The van der Waals surface area contributed by atoms with Crippen molar-refractivity contribution in [3.8, 4) is 23.0 Å². The number of benzene rings is 2. The van der Waals surface area contributed by atoms with Crippen LogP contribution in [0.15, 0.2) is 61.2 Å². The molecule has 1 saturated heterocycles. The summed E-state index contributed by atoms with van der Waals surface area (Å²) in [5, 5.41) is 5.48. The van der Waals surface area contributed by atoms with Gasteiger partial charge >= 0.3 is 12.3 Å². The average molecular weight is 549 g/mol. The van der Waals surface area contributed by atoms with E-state index in [0.29, 0.717) is 23.5 Å². The lowest BCUT2D eigenvalue weighted by Gasteiger charge is -2.27. The molecule has 9 nitrogen and oxygen atoms in total. The molecule has 1 fully saturated rings. The predicted molar refractivity (Wildman–Crippen MR) is 132 cm³/mol. The van der Waals surface area contributed by atoms with Crippen LogP contribution in [0.5, 0.6) is 23.0 Å². The highest BCUT2D eigenvalue weighted by Gasteiger charge is 2.43. The third-order valence-corrected chi connectivity index (χ3v) is 6.83. The van der Waals surface area contributed by atoms with Crippen molar-refractivity contribution in [1.82, 2.24) is 20.6 Å². The number of nitrogens with zero attached hydrogens (tertiary/aromatic N) is 2. The van der Waals surface area contributed by atoms with Crippen LogP contribution in [0, 0.1) is 0 Å². The molecule has 3 aromatic rings. The summed E-state index contributed by atoms with van der Waals surface area (Å²) in [7, 11) is 1.28. The second kappa shape index (κ2) is 11.6. The van der Waals surface area contributed by atoms with Gasteiger partial charge in [0.1, 0.15) is 34.7 Å². The Balaban J connectivity index is 1.37. The monoisotopic (exact) mass is 548 g/mol. The van der Waals surface area contributed by atoms with Crippen LogP contribution in [0.4, 0.5) is 18.0 Å². The number of aromatic nitrogens is 2. The van der Waals surface area contributed by atoms with Crippen LogP contribution in [-0.2, 0) is 17.5 Å². The molecule has 1 unspecified atom stereocenters. The first-order chi connectivity index (χ1) is 18.2. The highest BCUT2D eigenvalue weighted by Crippen LogP contribution is 2.40. The lowest BCUT2D eigenvalue weighted by molar-refractivity contribution is -0.138. The molecule has 2 amide bonds. The van der Waals surface area contributed by atoms with Crippen LogP contribution in [0.2, 0.25) is 0 Å². The Morgan fingerprint density at radius 1 is 1.05 bits per heavy atom. The molecule has 2 N–H and O–H groups in total. The molecule has 4 rings (SSSR count). The number of nitrogens with one attached hydrogen (secondary N) is 2. The first-order valence-corrected chi connectivity index (χ1v) is 12.5. The van der Waals surface area contributed by atoms with Gasteiger partial charge in [-0.25, -0.2) is 14.8 Å². The minimum Gasteiger partial charge on any atom is -0.497 e. The molecule has 0 radical (unpaired) electrons. The number of carbonyl (C=O) groups excluding carboxylic acids is 2. The zero-order chi connectivity index (χ0) is 27.2. The Labute approximate surface area is 220 Å². The second-order valence-corrected chi connectivity index (χ2v) is 9.37. The van der Waals surface area contributed by atoms with Crippen LogP contribution in [0.3, 0.4) is 0 Å². The van der Waals surface area contributed by atoms with Gasteiger partial charge in [0.05, 0.1) is 19.5 Å². The molecular formula is C25H23F3N4O5S. The molecular weight excluding hydrogens is 525 g/mol. The summed E-state index contributed by atoms with van der Waals surface area (Å²) in [6, 6.07) is 9.70. The SMILES string of the molecule is COc1ccc(Oc2ccc(CNC(=O)C3(NC(=O)Oc4cncnc4)CCSC3)cc2)c(C(F)(F)F)c1. The molecule has 38 heavy (non-hydrogen) atoms. The third kappa shape index (κ3) is 6.65. The number of rotatable bonds is 8. The van der Waals surface area contributed by atoms with Crippen molar-refractivity contribution >= 4 is 23.8 Å². The predicted octanol–water partition coefficient (Wildman–Crippen LogP) is 4.58. The smallest absolute Gasteiger partial charge is 0.420 e. The Morgan fingerprint density at radius 3 is 2.39 bits per heavy atom. The molecule has 1 aromatic heterocycles. The number of hydrogen-bond acceptors (Lipinski definition) is 8. The number of halogens is 3. The van der Waals surface area contributed by atoms with E-state index in [1.807, 2.05) is 0 Å². The Bertz CT molecular complexity index is 1270. The van der Waals surface area contributed by atoms with E-state index in [4.69, 9.17) is 14.2 Å². The van der Waals surface area contributed by atoms with Gasteiger partial charge in [-0.1, -0.05) is 12.1 Å². The molecule has 0 bridgehead atoms. The first kappa shape index (κ1) is 27.0. The molecule has 1 aliphatic rings. The minimum atomic E-state index is -4.63. The standard InChI is InChI=1S/C25H23F3N4O5S/c1-35-18-6-7-21(20(10-18)25(26,27)28)36-17-4-2-16(3-5-17)11-31-22(33)24(8-9-38-14-24)32-23(34)37-19-12-29-15-30-13-19/h2-7,10,12-13,15H,8-9,11,14H2,1H3,(H,31,33)(H,32,34). The maximum absolute atomic E-state index is 13.4. The quantitative estimate of drug-likeness (QED) is 0.421. The maximum atomic E-state index is 13.4. The minimum absolute atomic E-state index is 0.0611. The van der Waals surface area contributed by atoms with Gasteiger partial charge in [-0.15, -0.1) is 0 Å². The van der Waals surface area contributed by atoms with Gasteiger partial charge in [-0.3, -0.25) is 4.79 Å². The summed E-state index contributed by atoms with van der Waals surface area (Å²) < 4.78 is 55.8. The van der Waals surface area contributed by atoms with Crippen molar-refractivity contribution < 1.29 is 37.0 Å². The van der Waals surface area contributed by atoms with Crippen molar-refractivity contribution in [2.24, 2.45) is 0 Å². The molecule has 2 aromatic carbocycles. The number of thioether (sulfide) groups is 1. The van der Waals surface area contributed by atoms with Crippen molar-refractivity contribution in [3.05, 3.63) is 72.3 Å². The van der Waals surface area contributed by atoms with E-state index in [2.05, 4.69) is 20.6 Å². The normalized spacial score (nSPS) is 16.9. The lowest BCUT2D eigenvalue weighted by Crippen LogP contribution is -2.59. The van der Waals surface area contributed by atoms with Crippen LogP contribution >= 0.6 is 11.8 Å². The summed E-state index contributed by atoms with van der Waals surface area (Å²) in [5.41, 5.74) is -1.43. The average Bonchev–Trinajstić information content (AvgIpc) is 3.37. The molecule has 0 saturated carbocycles. The van der Waals surface area contributed by atoms with E-state index in [9.17, 15) is 22.8 Å². The molecule has 13 heteroatoms. The van der Waals surface area contributed by atoms with Gasteiger partial charge in [0, 0.05) is 12.3 Å². The Hall–Kier alpha value is -4.00. The third-order valence-electron chi connectivity index (χ3n) is 5.64. The van der Waals surface area contributed by atoms with E-state index in [1.54, 1.807) is 12.1 Å². The maximum Gasteiger partial charge on any atom is 0.420 e. The number of alkyl halides is 3. The highest BCUT2D eigenvalue weighted by molar-refractivity contribution is 7.99. The summed E-state index contributed by atoms with van der Waals surface area (Å²) in [6.07, 6.45) is -1.05. The molecule has 1 atom stereocenters. The van der Waals surface area contributed by atoms with Crippen molar-refractivity contribution in [3.63, 3.8) is 0 Å². The molecule has 200 valence electrons. The fourth-order valence-electron chi connectivity index (χ4n) is 3.67. The van der Waals surface area contributed by atoms with Crippen molar-refractivity contribution in [2.75, 3.05) is 18.6 Å². The van der Waals surface area contributed by atoms with E-state index < -0.39 is 23.4 Å². The second-order valence-electron chi connectivity index (χ2n) is 8.26. The van der Waals surface area contributed by atoms with Crippen LogP contribution < -0.4 is 24.8 Å². The van der Waals surface area contributed by atoms with Gasteiger partial charge in [0.2, 0.25) is 5.91 Å². The molecule has 2 heterocycles.